The Morgan fingerprint density at radius 3 is 2.76 bits per heavy atom. The number of carbonyl (C=O) groups excluding carboxylic acids is 2. The van der Waals surface area contributed by atoms with Gasteiger partial charge in [-0.3, -0.25) is 14.6 Å². The number of rotatable bonds is 4. The Balaban J connectivity index is 1.71. The summed E-state index contributed by atoms with van der Waals surface area (Å²) >= 11 is 0. The van der Waals surface area contributed by atoms with Gasteiger partial charge in [-0.1, -0.05) is 25.8 Å². The van der Waals surface area contributed by atoms with Crippen molar-refractivity contribution < 1.29 is 9.59 Å². The maximum atomic E-state index is 11.9. The zero-order valence-corrected chi connectivity index (χ0v) is 12.5. The van der Waals surface area contributed by atoms with Gasteiger partial charge < -0.3 is 10.6 Å². The molecule has 1 heterocycles. The Labute approximate surface area is 125 Å². The standard InChI is InChI=1S/C16H23N3O2/c1-12-6-2-3-8-14(12)19-16(21)15(20)18-11-9-13-7-4-5-10-17-13/h4-5,7,10,12,14H,2-3,6,8-9,11H2,1H3,(H,18,20)(H,19,21)/t12-,14-/m1/s1. The zero-order chi connectivity index (χ0) is 15.1. The van der Waals surface area contributed by atoms with Crippen molar-refractivity contribution in [3.8, 4) is 0 Å². The van der Waals surface area contributed by atoms with E-state index in [0.717, 1.165) is 25.0 Å². The van der Waals surface area contributed by atoms with Gasteiger partial charge in [0.2, 0.25) is 0 Å². The number of nitrogens with zero attached hydrogens (tertiary/aromatic N) is 1. The summed E-state index contributed by atoms with van der Waals surface area (Å²) in [6, 6.07) is 5.78. The number of pyridine rings is 1. The molecule has 0 aliphatic heterocycles. The van der Waals surface area contributed by atoms with Gasteiger partial charge in [0, 0.05) is 30.9 Å². The van der Waals surface area contributed by atoms with Crippen molar-refractivity contribution in [2.24, 2.45) is 5.92 Å². The Morgan fingerprint density at radius 1 is 1.24 bits per heavy atom. The third-order valence-electron chi connectivity index (χ3n) is 4.03. The first-order chi connectivity index (χ1) is 10.2. The van der Waals surface area contributed by atoms with Crippen LogP contribution >= 0.6 is 0 Å². The highest BCUT2D eigenvalue weighted by Gasteiger charge is 2.25. The number of aromatic nitrogens is 1. The van der Waals surface area contributed by atoms with Gasteiger partial charge in [0.25, 0.3) is 0 Å². The van der Waals surface area contributed by atoms with Crippen LogP contribution in [0.2, 0.25) is 0 Å². The molecule has 5 nitrogen and oxygen atoms in total. The van der Waals surface area contributed by atoms with Crippen LogP contribution in [-0.4, -0.2) is 29.4 Å². The fourth-order valence-electron chi connectivity index (χ4n) is 2.70. The highest BCUT2D eigenvalue weighted by Crippen LogP contribution is 2.23. The Kier molecular flexibility index (Phi) is 5.72. The third-order valence-corrected chi connectivity index (χ3v) is 4.03. The molecule has 0 radical (unpaired) electrons. The van der Waals surface area contributed by atoms with Crippen LogP contribution in [0.5, 0.6) is 0 Å². The summed E-state index contributed by atoms with van der Waals surface area (Å²) in [5.41, 5.74) is 0.902. The fourth-order valence-corrected chi connectivity index (χ4v) is 2.70. The molecule has 1 aliphatic rings. The largest absolute Gasteiger partial charge is 0.347 e. The van der Waals surface area contributed by atoms with Crippen LogP contribution in [0.15, 0.2) is 24.4 Å². The van der Waals surface area contributed by atoms with E-state index in [-0.39, 0.29) is 6.04 Å². The Bertz CT molecular complexity index is 476. The molecule has 0 aromatic carbocycles. The first kappa shape index (κ1) is 15.5. The molecule has 2 amide bonds. The number of carbonyl (C=O) groups is 2. The minimum Gasteiger partial charge on any atom is -0.347 e. The molecule has 0 spiro atoms. The molecule has 1 aromatic rings. The predicted octanol–water partition coefficient (Wildman–Crippen LogP) is 1.44. The fraction of sp³-hybridized carbons (Fsp3) is 0.562. The van der Waals surface area contributed by atoms with Gasteiger partial charge in [0.05, 0.1) is 0 Å². The lowest BCUT2D eigenvalue weighted by Gasteiger charge is -2.29. The minimum atomic E-state index is -0.552. The number of nitrogens with one attached hydrogen (secondary N) is 2. The summed E-state index contributed by atoms with van der Waals surface area (Å²) in [7, 11) is 0. The molecule has 114 valence electrons. The number of amides is 2. The van der Waals surface area contributed by atoms with Gasteiger partial charge in [-0.15, -0.1) is 0 Å². The van der Waals surface area contributed by atoms with Gasteiger partial charge in [-0.2, -0.15) is 0 Å². The van der Waals surface area contributed by atoms with Crippen LogP contribution < -0.4 is 10.6 Å². The van der Waals surface area contributed by atoms with Crippen molar-refractivity contribution in [1.82, 2.24) is 15.6 Å². The molecule has 1 aromatic heterocycles. The maximum Gasteiger partial charge on any atom is 0.309 e. The molecule has 0 saturated heterocycles. The number of hydrogen-bond acceptors (Lipinski definition) is 3. The smallest absolute Gasteiger partial charge is 0.309 e. The molecule has 1 fully saturated rings. The van der Waals surface area contributed by atoms with Crippen LogP contribution in [0.3, 0.4) is 0 Å². The minimum absolute atomic E-state index is 0.132. The molecule has 2 rings (SSSR count). The average Bonchev–Trinajstić information content (AvgIpc) is 2.50. The lowest BCUT2D eigenvalue weighted by atomic mass is 9.86. The zero-order valence-electron chi connectivity index (χ0n) is 12.5. The van der Waals surface area contributed by atoms with Gasteiger partial charge in [-0.05, 0) is 30.9 Å². The van der Waals surface area contributed by atoms with Crippen molar-refractivity contribution in [2.75, 3.05) is 6.54 Å². The third kappa shape index (κ3) is 4.85. The average molecular weight is 289 g/mol. The van der Waals surface area contributed by atoms with E-state index >= 15 is 0 Å². The van der Waals surface area contributed by atoms with E-state index in [4.69, 9.17) is 0 Å². The topological polar surface area (TPSA) is 71.1 Å². The van der Waals surface area contributed by atoms with Gasteiger partial charge >= 0.3 is 11.8 Å². The molecule has 5 heteroatoms. The van der Waals surface area contributed by atoms with E-state index < -0.39 is 11.8 Å². The van der Waals surface area contributed by atoms with E-state index in [2.05, 4.69) is 22.5 Å². The van der Waals surface area contributed by atoms with Crippen LogP contribution in [0.25, 0.3) is 0 Å². The quantitative estimate of drug-likeness (QED) is 0.824. The lowest BCUT2D eigenvalue weighted by Crippen LogP contribution is -2.48. The molecule has 0 unspecified atom stereocenters. The van der Waals surface area contributed by atoms with Crippen LogP contribution in [0.4, 0.5) is 0 Å². The SMILES string of the molecule is C[C@@H]1CCCC[C@H]1NC(=O)C(=O)NCCc1ccccn1. The van der Waals surface area contributed by atoms with Crippen LogP contribution in [-0.2, 0) is 16.0 Å². The Hall–Kier alpha value is -1.91. The van der Waals surface area contributed by atoms with E-state index in [9.17, 15) is 9.59 Å². The second-order valence-corrected chi connectivity index (χ2v) is 5.67. The van der Waals surface area contributed by atoms with Crippen molar-refractivity contribution >= 4 is 11.8 Å². The van der Waals surface area contributed by atoms with E-state index in [0.29, 0.717) is 18.9 Å². The van der Waals surface area contributed by atoms with Gasteiger partial charge in [-0.25, -0.2) is 0 Å². The summed E-state index contributed by atoms with van der Waals surface area (Å²) < 4.78 is 0. The first-order valence-corrected chi connectivity index (χ1v) is 7.65. The summed E-state index contributed by atoms with van der Waals surface area (Å²) in [5.74, 6) is -0.623. The molecule has 1 aliphatic carbocycles. The highest BCUT2D eigenvalue weighted by atomic mass is 16.2. The van der Waals surface area contributed by atoms with Crippen molar-refractivity contribution in [1.29, 1.82) is 0 Å². The second-order valence-electron chi connectivity index (χ2n) is 5.67. The lowest BCUT2D eigenvalue weighted by molar-refractivity contribution is -0.139. The van der Waals surface area contributed by atoms with E-state index in [1.54, 1.807) is 6.20 Å². The van der Waals surface area contributed by atoms with Crippen LogP contribution in [0, 0.1) is 5.92 Å². The summed E-state index contributed by atoms with van der Waals surface area (Å²) in [6.07, 6.45) is 6.76. The molecule has 21 heavy (non-hydrogen) atoms. The highest BCUT2D eigenvalue weighted by molar-refractivity contribution is 6.35. The molecule has 0 bridgehead atoms. The monoisotopic (exact) mass is 289 g/mol. The second kappa shape index (κ2) is 7.76. The molecular formula is C16H23N3O2. The van der Waals surface area contributed by atoms with Crippen molar-refractivity contribution in [3.63, 3.8) is 0 Å². The maximum absolute atomic E-state index is 11.9. The summed E-state index contributed by atoms with van der Waals surface area (Å²) in [4.78, 5) is 27.8. The van der Waals surface area contributed by atoms with Gasteiger partial charge in [0.1, 0.15) is 0 Å². The van der Waals surface area contributed by atoms with E-state index in [1.165, 1.54) is 6.42 Å². The van der Waals surface area contributed by atoms with Gasteiger partial charge in [0.15, 0.2) is 0 Å². The molecular weight excluding hydrogens is 266 g/mol. The Morgan fingerprint density at radius 2 is 2.05 bits per heavy atom. The summed E-state index contributed by atoms with van der Waals surface area (Å²) in [6.45, 7) is 2.55. The molecule has 2 atom stereocenters. The van der Waals surface area contributed by atoms with Crippen LogP contribution in [0.1, 0.15) is 38.3 Å². The molecule has 2 N–H and O–H groups in total. The summed E-state index contributed by atoms with van der Waals surface area (Å²) in [5, 5.41) is 5.49. The normalized spacial score (nSPS) is 21.6. The van der Waals surface area contributed by atoms with Crippen molar-refractivity contribution in [3.05, 3.63) is 30.1 Å². The predicted molar refractivity (Wildman–Crippen MR) is 80.5 cm³/mol. The number of hydrogen-bond donors (Lipinski definition) is 2. The molecule has 1 saturated carbocycles. The van der Waals surface area contributed by atoms with E-state index in [1.807, 2.05) is 18.2 Å². The first-order valence-electron chi connectivity index (χ1n) is 7.65. The van der Waals surface area contributed by atoms with Crippen molar-refractivity contribution in [2.45, 2.75) is 45.1 Å².